The SMILES string of the molecule is Cc1ccc(-c2nc(CCl)cs2)c(Br)c1. The smallest absolute Gasteiger partial charge is 0.124 e. The number of alkyl halides is 1. The number of hydrogen-bond donors (Lipinski definition) is 0. The van der Waals surface area contributed by atoms with Crippen LogP contribution in [-0.4, -0.2) is 4.98 Å². The first kappa shape index (κ1) is 11.1. The van der Waals surface area contributed by atoms with Gasteiger partial charge in [-0.15, -0.1) is 22.9 Å². The number of aryl methyl sites for hydroxylation is 1. The lowest BCUT2D eigenvalue weighted by Gasteiger charge is -2.01. The van der Waals surface area contributed by atoms with E-state index in [9.17, 15) is 0 Å². The lowest BCUT2D eigenvalue weighted by molar-refractivity contribution is 1.23. The van der Waals surface area contributed by atoms with Crippen LogP contribution < -0.4 is 0 Å². The number of rotatable bonds is 2. The molecule has 0 saturated carbocycles. The lowest BCUT2D eigenvalue weighted by Crippen LogP contribution is -1.82. The molecule has 0 radical (unpaired) electrons. The average molecular weight is 303 g/mol. The van der Waals surface area contributed by atoms with Crippen molar-refractivity contribution in [3.63, 3.8) is 0 Å². The molecule has 15 heavy (non-hydrogen) atoms. The summed E-state index contributed by atoms with van der Waals surface area (Å²) in [5.74, 6) is 0.472. The number of thiazole rings is 1. The van der Waals surface area contributed by atoms with Crippen molar-refractivity contribution in [2.45, 2.75) is 12.8 Å². The van der Waals surface area contributed by atoms with Crippen molar-refractivity contribution < 1.29 is 0 Å². The van der Waals surface area contributed by atoms with E-state index < -0.39 is 0 Å². The summed E-state index contributed by atoms with van der Waals surface area (Å²) in [6.07, 6.45) is 0. The number of nitrogens with zero attached hydrogens (tertiary/aromatic N) is 1. The van der Waals surface area contributed by atoms with Crippen LogP contribution in [0.15, 0.2) is 28.1 Å². The molecule has 1 aromatic carbocycles. The predicted molar refractivity (Wildman–Crippen MR) is 69.5 cm³/mol. The molecule has 2 rings (SSSR count). The average Bonchev–Trinajstić information content (AvgIpc) is 2.66. The molecule has 1 aromatic heterocycles. The van der Waals surface area contributed by atoms with Gasteiger partial charge in [-0.05, 0) is 18.6 Å². The Hall–Kier alpha value is -0.380. The highest BCUT2D eigenvalue weighted by Gasteiger charge is 2.07. The van der Waals surface area contributed by atoms with Gasteiger partial charge in [-0.3, -0.25) is 0 Å². The number of halogens is 2. The van der Waals surface area contributed by atoms with E-state index >= 15 is 0 Å². The van der Waals surface area contributed by atoms with Crippen molar-refractivity contribution >= 4 is 38.9 Å². The van der Waals surface area contributed by atoms with Crippen LogP contribution in [0.3, 0.4) is 0 Å². The molecule has 1 heterocycles. The van der Waals surface area contributed by atoms with Crippen LogP contribution in [0.25, 0.3) is 10.6 Å². The van der Waals surface area contributed by atoms with Crippen LogP contribution in [0.1, 0.15) is 11.3 Å². The van der Waals surface area contributed by atoms with E-state index in [4.69, 9.17) is 11.6 Å². The summed E-state index contributed by atoms with van der Waals surface area (Å²) in [6, 6.07) is 6.26. The Morgan fingerprint density at radius 3 is 2.87 bits per heavy atom. The van der Waals surface area contributed by atoms with Gasteiger partial charge in [-0.2, -0.15) is 0 Å². The van der Waals surface area contributed by atoms with Crippen molar-refractivity contribution in [1.82, 2.24) is 4.98 Å². The highest BCUT2D eigenvalue weighted by atomic mass is 79.9. The second-order valence-electron chi connectivity index (χ2n) is 3.26. The molecule has 0 fully saturated rings. The van der Waals surface area contributed by atoms with Crippen molar-refractivity contribution in [3.8, 4) is 10.6 Å². The Balaban J connectivity index is 2.44. The van der Waals surface area contributed by atoms with E-state index in [1.54, 1.807) is 11.3 Å². The minimum atomic E-state index is 0.472. The van der Waals surface area contributed by atoms with Gasteiger partial charge in [0.15, 0.2) is 0 Å². The maximum atomic E-state index is 5.73. The minimum Gasteiger partial charge on any atom is -0.240 e. The molecule has 0 atom stereocenters. The molecule has 2 aromatic rings. The van der Waals surface area contributed by atoms with E-state index in [-0.39, 0.29) is 0 Å². The molecule has 0 aliphatic heterocycles. The first-order chi connectivity index (χ1) is 7.20. The Bertz CT molecular complexity index is 481. The molecule has 0 bridgehead atoms. The third-order valence-corrected chi connectivity index (χ3v) is 3.90. The molecule has 0 saturated heterocycles. The molecule has 1 nitrogen and oxygen atoms in total. The third-order valence-electron chi connectivity index (χ3n) is 2.04. The standard InChI is InChI=1S/C11H9BrClNS/c1-7-2-3-9(10(12)4-7)11-14-8(5-13)6-15-11/h2-4,6H,5H2,1H3. The fourth-order valence-corrected chi connectivity index (χ4v) is 3.18. The van der Waals surface area contributed by atoms with Crippen molar-refractivity contribution in [2.75, 3.05) is 0 Å². The summed E-state index contributed by atoms with van der Waals surface area (Å²) < 4.78 is 1.08. The Morgan fingerprint density at radius 2 is 2.27 bits per heavy atom. The zero-order valence-electron chi connectivity index (χ0n) is 8.13. The second-order valence-corrected chi connectivity index (χ2v) is 5.24. The van der Waals surface area contributed by atoms with Crippen LogP contribution in [0.4, 0.5) is 0 Å². The Kier molecular flexibility index (Phi) is 3.44. The molecular formula is C11H9BrClNS. The normalized spacial score (nSPS) is 10.6. The van der Waals surface area contributed by atoms with Gasteiger partial charge in [-0.1, -0.05) is 28.1 Å². The molecule has 0 aliphatic carbocycles. The topological polar surface area (TPSA) is 12.9 Å². The largest absolute Gasteiger partial charge is 0.240 e. The van der Waals surface area contributed by atoms with Gasteiger partial charge in [0.1, 0.15) is 5.01 Å². The second kappa shape index (κ2) is 4.64. The van der Waals surface area contributed by atoms with Gasteiger partial charge in [0.2, 0.25) is 0 Å². The first-order valence-corrected chi connectivity index (χ1v) is 6.68. The molecule has 4 heteroatoms. The van der Waals surface area contributed by atoms with E-state index in [1.165, 1.54) is 5.56 Å². The van der Waals surface area contributed by atoms with Gasteiger partial charge in [0.25, 0.3) is 0 Å². The minimum absolute atomic E-state index is 0.472. The zero-order valence-corrected chi connectivity index (χ0v) is 11.3. The number of aromatic nitrogens is 1. The summed E-state index contributed by atoms with van der Waals surface area (Å²) in [6.45, 7) is 2.07. The highest BCUT2D eigenvalue weighted by Crippen LogP contribution is 2.31. The fraction of sp³-hybridized carbons (Fsp3) is 0.182. The maximum Gasteiger partial charge on any atom is 0.124 e. The molecule has 0 unspecified atom stereocenters. The summed E-state index contributed by atoms with van der Waals surface area (Å²) >= 11 is 10.9. The molecular weight excluding hydrogens is 294 g/mol. The van der Waals surface area contributed by atoms with E-state index in [1.807, 2.05) is 5.38 Å². The molecule has 0 spiro atoms. The highest BCUT2D eigenvalue weighted by molar-refractivity contribution is 9.10. The van der Waals surface area contributed by atoms with Crippen molar-refractivity contribution in [3.05, 3.63) is 39.3 Å². The molecule has 0 aliphatic rings. The Labute approximate surface area is 106 Å². The van der Waals surface area contributed by atoms with Gasteiger partial charge >= 0.3 is 0 Å². The summed E-state index contributed by atoms with van der Waals surface area (Å²) in [5.41, 5.74) is 3.30. The van der Waals surface area contributed by atoms with Gasteiger partial charge < -0.3 is 0 Å². The fourth-order valence-electron chi connectivity index (χ4n) is 1.29. The molecule has 0 N–H and O–H groups in total. The molecule has 0 amide bonds. The van der Waals surface area contributed by atoms with Gasteiger partial charge in [-0.25, -0.2) is 4.98 Å². The van der Waals surface area contributed by atoms with Gasteiger partial charge in [0, 0.05) is 15.4 Å². The van der Waals surface area contributed by atoms with Crippen LogP contribution in [0.5, 0.6) is 0 Å². The van der Waals surface area contributed by atoms with Crippen LogP contribution in [0.2, 0.25) is 0 Å². The van der Waals surface area contributed by atoms with Crippen LogP contribution >= 0.6 is 38.9 Å². The predicted octanol–water partition coefficient (Wildman–Crippen LogP) is 4.62. The van der Waals surface area contributed by atoms with E-state index in [0.717, 1.165) is 20.7 Å². The quantitative estimate of drug-likeness (QED) is 0.738. The summed E-state index contributed by atoms with van der Waals surface area (Å²) in [4.78, 5) is 4.45. The first-order valence-electron chi connectivity index (χ1n) is 4.47. The maximum absolute atomic E-state index is 5.73. The monoisotopic (exact) mass is 301 g/mol. The lowest BCUT2D eigenvalue weighted by atomic mass is 10.2. The van der Waals surface area contributed by atoms with Crippen molar-refractivity contribution in [1.29, 1.82) is 0 Å². The summed E-state index contributed by atoms with van der Waals surface area (Å²) in [7, 11) is 0. The van der Waals surface area contributed by atoms with Crippen LogP contribution in [-0.2, 0) is 5.88 Å². The van der Waals surface area contributed by atoms with Gasteiger partial charge in [0.05, 0.1) is 11.6 Å². The zero-order chi connectivity index (χ0) is 10.8. The third kappa shape index (κ3) is 2.41. The summed E-state index contributed by atoms with van der Waals surface area (Å²) in [5, 5.41) is 3.01. The number of benzene rings is 1. The molecule has 78 valence electrons. The Morgan fingerprint density at radius 1 is 1.47 bits per heavy atom. The number of hydrogen-bond acceptors (Lipinski definition) is 2. The van der Waals surface area contributed by atoms with E-state index in [2.05, 4.69) is 46.0 Å². The van der Waals surface area contributed by atoms with Crippen LogP contribution in [0, 0.1) is 6.92 Å². The van der Waals surface area contributed by atoms with Crippen molar-refractivity contribution in [2.24, 2.45) is 0 Å². The van der Waals surface area contributed by atoms with E-state index in [0.29, 0.717) is 5.88 Å².